The number of carbonyl (C=O) groups is 2. The summed E-state index contributed by atoms with van der Waals surface area (Å²) < 4.78 is 1.45. The molecule has 0 fully saturated rings. The predicted octanol–water partition coefficient (Wildman–Crippen LogP) is 1.77. The van der Waals surface area contributed by atoms with Crippen LogP contribution in [0.15, 0.2) is 35.1 Å². The summed E-state index contributed by atoms with van der Waals surface area (Å²) in [6.07, 6.45) is 0.620. The van der Waals surface area contributed by atoms with E-state index in [1.165, 1.54) is 10.6 Å². The van der Waals surface area contributed by atoms with E-state index in [2.05, 4.69) is 5.32 Å². The fourth-order valence-electron chi connectivity index (χ4n) is 2.50. The van der Waals surface area contributed by atoms with Crippen LogP contribution in [-0.2, 0) is 11.8 Å². The van der Waals surface area contributed by atoms with E-state index in [0.717, 1.165) is 0 Å². The molecule has 1 amide bonds. The van der Waals surface area contributed by atoms with Crippen LogP contribution in [0, 0.1) is 5.92 Å². The third kappa shape index (κ3) is 3.26. The molecule has 1 aromatic heterocycles. The van der Waals surface area contributed by atoms with Gasteiger partial charge in [0, 0.05) is 18.5 Å². The summed E-state index contributed by atoms with van der Waals surface area (Å²) in [5.74, 6) is -1.85. The summed E-state index contributed by atoms with van der Waals surface area (Å²) >= 11 is 0. The van der Waals surface area contributed by atoms with E-state index >= 15 is 0 Å². The number of aromatic nitrogens is 1. The topological polar surface area (TPSA) is 88.4 Å². The zero-order valence-corrected chi connectivity index (χ0v) is 13.4. The van der Waals surface area contributed by atoms with Gasteiger partial charge in [0.2, 0.25) is 0 Å². The minimum Gasteiger partial charge on any atom is -0.480 e. The maximum Gasteiger partial charge on any atom is 0.326 e. The van der Waals surface area contributed by atoms with Crippen LogP contribution in [0.25, 0.3) is 10.9 Å². The number of carboxylic acids is 1. The number of pyridine rings is 1. The van der Waals surface area contributed by atoms with Crippen LogP contribution in [0.3, 0.4) is 0 Å². The highest BCUT2D eigenvalue weighted by molar-refractivity contribution is 6.07. The van der Waals surface area contributed by atoms with E-state index < -0.39 is 17.9 Å². The van der Waals surface area contributed by atoms with Gasteiger partial charge in [-0.25, -0.2) is 4.79 Å². The quantitative estimate of drug-likeness (QED) is 0.880. The van der Waals surface area contributed by atoms with Gasteiger partial charge in [0.05, 0.1) is 11.1 Å². The average Bonchev–Trinajstić information content (AvgIpc) is 2.54. The SMILES string of the molecule is CC[C@H](C)[C@H](NC(=O)c1cc(=O)n(C)c2ccccc12)C(=O)O. The van der Waals surface area contributed by atoms with E-state index in [1.54, 1.807) is 38.2 Å². The molecule has 0 bridgehead atoms. The predicted molar refractivity (Wildman–Crippen MR) is 87.5 cm³/mol. The van der Waals surface area contributed by atoms with E-state index in [0.29, 0.717) is 17.3 Å². The molecule has 1 aromatic carbocycles. The highest BCUT2D eigenvalue weighted by Gasteiger charge is 2.26. The Morgan fingerprint density at radius 3 is 2.57 bits per heavy atom. The molecule has 0 saturated carbocycles. The third-order valence-electron chi connectivity index (χ3n) is 4.16. The van der Waals surface area contributed by atoms with Crippen LogP contribution in [-0.4, -0.2) is 27.6 Å². The van der Waals surface area contributed by atoms with Gasteiger partial charge in [-0.3, -0.25) is 9.59 Å². The fraction of sp³-hybridized carbons (Fsp3) is 0.353. The van der Waals surface area contributed by atoms with Crippen LogP contribution in [0.1, 0.15) is 30.6 Å². The van der Waals surface area contributed by atoms with E-state index in [4.69, 9.17) is 0 Å². The van der Waals surface area contributed by atoms with Gasteiger partial charge in [-0.15, -0.1) is 0 Å². The van der Waals surface area contributed by atoms with Gasteiger partial charge >= 0.3 is 5.97 Å². The molecule has 6 nitrogen and oxygen atoms in total. The molecule has 2 aromatic rings. The molecule has 0 spiro atoms. The molecular formula is C17H20N2O4. The van der Waals surface area contributed by atoms with Gasteiger partial charge in [0.1, 0.15) is 6.04 Å². The molecule has 0 saturated heterocycles. The van der Waals surface area contributed by atoms with E-state index in [1.807, 2.05) is 6.92 Å². The number of benzene rings is 1. The van der Waals surface area contributed by atoms with Gasteiger partial charge in [0.15, 0.2) is 0 Å². The fourth-order valence-corrected chi connectivity index (χ4v) is 2.50. The number of carbonyl (C=O) groups excluding carboxylic acids is 1. The van der Waals surface area contributed by atoms with Crippen molar-refractivity contribution in [2.24, 2.45) is 13.0 Å². The lowest BCUT2D eigenvalue weighted by Crippen LogP contribution is -2.45. The average molecular weight is 316 g/mol. The maximum absolute atomic E-state index is 12.5. The van der Waals surface area contributed by atoms with Gasteiger partial charge in [-0.05, 0) is 12.0 Å². The highest BCUT2D eigenvalue weighted by atomic mass is 16.4. The molecule has 1 heterocycles. The maximum atomic E-state index is 12.5. The van der Waals surface area contributed by atoms with Crippen molar-refractivity contribution in [1.29, 1.82) is 0 Å². The number of para-hydroxylation sites is 1. The Hall–Kier alpha value is -2.63. The first kappa shape index (κ1) is 16.7. The monoisotopic (exact) mass is 316 g/mol. The standard InChI is InChI=1S/C17H20N2O4/c1-4-10(2)15(17(22)23)18-16(21)12-9-14(20)19(3)13-8-6-5-7-11(12)13/h5-10,15H,4H2,1-3H3,(H,18,21)(H,22,23)/t10-,15-/m0/s1. The minimum absolute atomic E-state index is 0.193. The van der Waals surface area contributed by atoms with Crippen molar-refractivity contribution < 1.29 is 14.7 Å². The van der Waals surface area contributed by atoms with Crippen LogP contribution < -0.4 is 10.9 Å². The third-order valence-corrected chi connectivity index (χ3v) is 4.16. The zero-order valence-electron chi connectivity index (χ0n) is 13.4. The Kier molecular flexibility index (Phi) is 4.83. The molecule has 2 atom stereocenters. The molecule has 0 unspecified atom stereocenters. The number of carboxylic acid groups (broad SMARTS) is 1. The second-order valence-electron chi connectivity index (χ2n) is 5.65. The van der Waals surface area contributed by atoms with Crippen molar-refractivity contribution in [3.63, 3.8) is 0 Å². The van der Waals surface area contributed by atoms with Crippen molar-refractivity contribution in [1.82, 2.24) is 9.88 Å². The van der Waals surface area contributed by atoms with E-state index in [9.17, 15) is 19.5 Å². The summed E-state index contributed by atoms with van der Waals surface area (Å²) in [5, 5.41) is 12.4. The molecule has 0 radical (unpaired) electrons. The van der Waals surface area contributed by atoms with Crippen molar-refractivity contribution in [3.8, 4) is 0 Å². The molecule has 23 heavy (non-hydrogen) atoms. The lowest BCUT2D eigenvalue weighted by molar-refractivity contribution is -0.140. The number of fused-ring (bicyclic) bond motifs is 1. The molecule has 0 aliphatic heterocycles. The van der Waals surface area contributed by atoms with Crippen molar-refractivity contribution in [2.75, 3.05) is 0 Å². The Bertz CT molecular complexity index is 810. The number of aliphatic carboxylic acids is 1. The highest BCUT2D eigenvalue weighted by Crippen LogP contribution is 2.17. The lowest BCUT2D eigenvalue weighted by Gasteiger charge is -2.20. The number of hydrogen-bond donors (Lipinski definition) is 2. The Morgan fingerprint density at radius 1 is 1.30 bits per heavy atom. The Morgan fingerprint density at radius 2 is 1.96 bits per heavy atom. The smallest absolute Gasteiger partial charge is 0.326 e. The van der Waals surface area contributed by atoms with Crippen LogP contribution in [0.5, 0.6) is 0 Å². The number of rotatable bonds is 5. The minimum atomic E-state index is -1.08. The first-order valence-electron chi connectivity index (χ1n) is 7.49. The molecule has 2 rings (SSSR count). The summed E-state index contributed by atoms with van der Waals surface area (Å²) in [6, 6.07) is 7.29. The number of nitrogens with one attached hydrogen (secondary N) is 1. The molecule has 2 N–H and O–H groups in total. The number of amides is 1. The second kappa shape index (κ2) is 6.64. The van der Waals surface area contributed by atoms with Crippen molar-refractivity contribution >= 4 is 22.8 Å². The van der Waals surface area contributed by atoms with Crippen molar-refractivity contribution in [3.05, 3.63) is 46.2 Å². The molecule has 0 aliphatic rings. The molecule has 0 aliphatic carbocycles. The lowest BCUT2D eigenvalue weighted by atomic mass is 9.98. The van der Waals surface area contributed by atoms with Gasteiger partial charge in [-0.2, -0.15) is 0 Å². The van der Waals surface area contributed by atoms with Gasteiger partial charge in [0.25, 0.3) is 11.5 Å². The number of aryl methyl sites for hydroxylation is 1. The van der Waals surface area contributed by atoms with E-state index in [-0.39, 0.29) is 17.0 Å². The first-order chi connectivity index (χ1) is 10.9. The van der Waals surface area contributed by atoms with Crippen LogP contribution in [0.4, 0.5) is 0 Å². The Labute approximate surface area is 133 Å². The van der Waals surface area contributed by atoms with Gasteiger partial charge < -0.3 is 15.0 Å². The second-order valence-corrected chi connectivity index (χ2v) is 5.65. The molecule has 6 heteroatoms. The normalized spacial score (nSPS) is 13.5. The summed E-state index contributed by atoms with van der Waals surface area (Å²) in [4.78, 5) is 35.9. The Balaban J connectivity index is 2.48. The number of hydrogen-bond acceptors (Lipinski definition) is 3. The zero-order chi connectivity index (χ0) is 17.1. The summed E-state index contributed by atoms with van der Waals surface area (Å²) in [7, 11) is 1.63. The molecule has 122 valence electrons. The summed E-state index contributed by atoms with van der Waals surface area (Å²) in [5.41, 5.74) is 0.503. The van der Waals surface area contributed by atoms with Crippen LogP contribution >= 0.6 is 0 Å². The first-order valence-corrected chi connectivity index (χ1v) is 7.49. The molecular weight excluding hydrogens is 296 g/mol. The van der Waals surface area contributed by atoms with Gasteiger partial charge in [-0.1, -0.05) is 38.5 Å². The number of nitrogens with zero attached hydrogens (tertiary/aromatic N) is 1. The van der Waals surface area contributed by atoms with Crippen LogP contribution in [0.2, 0.25) is 0 Å². The summed E-state index contributed by atoms with van der Waals surface area (Å²) in [6.45, 7) is 3.63. The van der Waals surface area contributed by atoms with Crippen molar-refractivity contribution in [2.45, 2.75) is 26.3 Å². The largest absolute Gasteiger partial charge is 0.480 e.